The Labute approximate surface area is 127 Å². The summed E-state index contributed by atoms with van der Waals surface area (Å²) in [5.74, 6) is 0. The van der Waals surface area contributed by atoms with Crippen LogP contribution in [0.15, 0.2) is 20.0 Å². The number of aryl methyl sites for hydroxylation is 2. The van der Waals surface area contributed by atoms with E-state index >= 15 is 0 Å². The molecule has 0 aliphatic rings. The molecule has 0 atom stereocenters. The molecule has 0 amide bonds. The molecule has 4 nitrogen and oxygen atoms in total. The van der Waals surface area contributed by atoms with E-state index in [-0.39, 0.29) is 0 Å². The molecular formula is C11H10N4S4. The first-order valence-corrected chi connectivity index (χ1v) is 9.12. The summed E-state index contributed by atoms with van der Waals surface area (Å²) in [6, 6.07) is 0. The van der Waals surface area contributed by atoms with E-state index in [4.69, 9.17) is 0 Å². The molecule has 0 bridgehead atoms. The van der Waals surface area contributed by atoms with Gasteiger partial charge in [0.1, 0.15) is 16.2 Å². The maximum atomic E-state index is 4.40. The summed E-state index contributed by atoms with van der Waals surface area (Å²) in [4.78, 5) is 11.1. The molecule has 3 rings (SSSR count). The zero-order chi connectivity index (χ0) is 13.4. The van der Waals surface area contributed by atoms with Crippen molar-refractivity contribution in [3.63, 3.8) is 0 Å². The molecule has 0 spiro atoms. The Kier molecular flexibility index (Phi) is 3.75. The van der Waals surface area contributed by atoms with Crippen LogP contribution < -0.4 is 0 Å². The topological polar surface area (TPSA) is 51.6 Å². The van der Waals surface area contributed by atoms with Gasteiger partial charge in [-0.2, -0.15) is 0 Å². The van der Waals surface area contributed by atoms with Crippen molar-refractivity contribution in [1.82, 2.24) is 20.2 Å². The first-order valence-electron chi connectivity index (χ1n) is 5.45. The zero-order valence-corrected chi connectivity index (χ0v) is 13.8. The van der Waals surface area contributed by atoms with Gasteiger partial charge in [-0.1, -0.05) is 23.1 Å². The molecule has 98 valence electrons. The summed E-state index contributed by atoms with van der Waals surface area (Å²) in [5, 5.41) is 10.4. The van der Waals surface area contributed by atoms with E-state index < -0.39 is 0 Å². The number of thiophene rings is 1. The molecule has 0 aliphatic carbocycles. The molecule has 0 aromatic carbocycles. The zero-order valence-electron chi connectivity index (χ0n) is 10.5. The summed E-state index contributed by atoms with van der Waals surface area (Å²) >= 11 is 6.49. The fourth-order valence-electron chi connectivity index (χ4n) is 1.63. The molecule has 0 saturated carbocycles. The first kappa shape index (κ1) is 13.3. The third-order valence-electron chi connectivity index (χ3n) is 2.68. The van der Waals surface area contributed by atoms with E-state index in [1.165, 1.54) is 10.4 Å². The maximum absolute atomic E-state index is 4.40. The Bertz CT molecular complexity index is 733. The summed E-state index contributed by atoms with van der Waals surface area (Å²) in [5.41, 5.74) is 1.26. The highest BCUT2D eigenvalue weighted by Gasteiger charge is 2.14. The highest BCUT2D eigenvalue weighted by atomic mass is 32.2. The van der Waals surface area contributed by atoms with Crippen molar-refractivity contribution in [3.8, 4) is 0 Å². The predicted octanol–water partition coefficient (Wildman–Crippen LogP) is 4.03. The van der Waals surface area contributed by atoms with Crippen LogP contribution in [0.2, 0.25) is 0 Å². The van der Waals surface area contributed by atoms with E-state index in [0.717, 1.165) is 23.9 Å². The molecule has 3 aromatic rings. The van der Waals surface area contributed by atoms with Gasteiger partial charge < -0.3 is 0 Å². The quantitative estimate of drug-likeness (QED) is 0.535. The molecule has 8 heteroatoms. The van der Waals surface area contributed by atoms with Crippen molar-refractivity contribution in [2.45, 2.75) is 27.6 Å². The van der Waals surface area contributed by atoms with Gasteiger partial charge >= 0.3 is 0 Å². The van der Waals surface area contributed by atoms with Crippen molar-refractivity contribution < 1.29 is 0 Å². The maximum Gasteiger partial charge on any atom is 0.181 e. The molecule has 0 unspecified atom stereocenters. The summed E-state index contributed by atoms with van der Waals surface area (Å²) in [7, 11) is 0. The average Bonchev–Trinajstić information content (AvgIpc) is 2.96. The Morgan fingerprint density at radius 3 is 2.58 bits per heavy atom. The van der Waals surface area contributed by atoms with Crippen LogP contribution in [0, 0.1) is 13.8 Å². The van der Waals surface area contributed by atoms with Crippen LogP contribution in [-0.2, 0) is 0 Å². The van der Waals surface area contributed by atoms with Gasteiger partial charge in [-0.3, -0.25) is 0 Å². The van der Waals surface area contributed by atoms with Crippen LogP contribution in [0.5, 0.6) is 0 Å². The van der Waals surface area contributed by atoms with Crippen molar-refractivity contribution in [3.05, 3.63) is 16.8 Å². The number of hydrogen-bond donors (Lipinski definition) is 0. The molecule has 0 fully saturated rings. The van der Waals surface area contributed by atoms with Gasteiger partial charge in [-0.25, -0.2) is 9.97 Å². The van der Waals surface area contributed by atoms with Gasteiger partial charge in [-0.05, 0) is 37.4 Å². The van der Waals surface area contributed by atoms with Gasteiger partial charge in [0.15, 0.2) is 8.68 Å². The van der Waals surface area contributed by atoms with Gasteiger partial charge in [0.05, 0.1) is 0 Å². The van der Waals surface area contributed by atoms with Crippen LogP contribution in [0.1, 0.15) is 10.4 Å². The molecule has 3 heterocycles. The van der Waals surface area contributed by atoms with Crippen molar-refractivity contribution in [2.75, 3.05) is 6.26 Å². The number of thioether (sulfide) groups is 1. The van der Waals surface area contributed by atoms with Crippen LogP contribution in [0.25, 0.3) is 10.2 Å². The predicted molar refractivity (Wildman–Crippen MR) is 82.7 cm³/mol. The van der Waals surface area contributed by atoms with Crippen LogP contribution in [0.4, 0.5) is 0 Å². The molecule has 19 heavy (non-hydrogen) atoms. The summed E-state index contributed by atoms with van der Waals surface area (Å²) in [6.45, 7) is 4.24. The third-order valence-corrected chi connectivity index (χ3v) is 6.74. The molecule has 0 aliphatic heterocycles. The van der Waals surface area contributed by atoms with Gasteiger partial charge in [0, 0.05) is 10.3 Å². The highest BCUT2D eigenvalue weighted by Crippen LogP contribution is 2.38. The van der Waals surface area contributed by atoms with Gasteiger partial charge in [0.2, 0.25) is 0 Å². The van der Waals surface area contributed by atoms with E-state index in [0.29, 0.717) is 0 Å². The lowest BCUT2D eigenvalue weighted by molar-refractivity contribution is 0.953. The molecule has 0 N–H and O–H groups in total. The van der Waals surface area contributed by atoms with E-state index in [1.807, 2.05) is 6.26 Å². The normalized spacial score (nSPS) is 11.3. The minimum atomic E-state index is 0.924. The Balaban J connectivity index is 2.05. The SMILES string of the molecule is CSc1nnc(Sc2ncnc3sc(C)c(C)c23)s1. The second-order valence-electron chi connectivity index (χ2n) is 3.78. The van der Waals surface area contributed by atoms with Crippen molar-refractivity contribution >= 4 is 56.4 Å². The molecular weight excluding hydrogens is 316 g/mol. The lowest BCUT2D eigenvalue weighted by atomic mass is 10.2. The smallest absolute Gasteiger partial charge is 0.181 e. The fraction of sp³-hybridized carbons (Fsp3) is 0.273. The number of nitrogens with zero attached hydrogens (tertiary/aromatic N) is 4. The minimum absolute atomic E-state index is 0.924. The van der Waals surface area contributed by atoms with E-state index in [9.17, 15) is 0 Å². The Morgan fingerprint density at radius 1 is 1.05 bits per heavy atom. The molecule has 0 radical (unpaired) electrons. The number of hydrogen-bond acceptors (Lipinski definition) is 8. The summed E-state index contributed by atoms with van der Waals surface area (Å²) in [6.07, 6.45) is 3.63. The molecule has 3 aromatic heterocycles. The van der Waals surface area contributed by atoms with Crippen LogP contribution >= 0.6 is 46.2 Å². The minimum Gasteiger partial charge on any atom is -0.229 e. The fourth-order valence-corrected chi connectivity index (χ4v) is 5.20. The van der Waals surface area contributed by atoms with Crippen LogP contribution in [-0.4, -0.2) is 26.4 Å². The number of aromatic nitrogens is 4. The lowest BCUT2D eigenvalue weighted by Gasteiger charge is -1.99. The van der Waals surface area contributed by atoms with Crippen LogP contribution in [0.3, 0.4) is 0 Å². The highest BCUT2D eigenvalue weighted by molar-refractivity contribution is 8.03. The van der Waals surface area contributed by atoms with Crippen molar-refractivity contribution in [2.24, 2.45) is 0 Å². The number of fused-ring (bicyclic) bond motifs is 1. The second-order valence-corrected chi connectivity index (χ2v) is 8.25. The monoisotopic (exact) mass is 326 g/mol. The first-order chi connectivity index (χ1) is 9.19. The van der Waals surface area contributed by atoms with Gasteiger partial charge in [0.25, 0.3) is 0 Å². The van der Waals surface area contributed by atoms with E-state index in [1.54, 1.807) is 52.5 Å². The Morgan fingerprint density at radius 2 is 1.84 bits per heavy atom. The standard InChI is InChI=1S/C11H10N4S4/c1-5-6(2)17-8-7(5)9(13-4-12-8)18-11-15-14-10(16-3)19-11/h4H,1-3H3. The second kappa shape index (κ2) is 5.35. The third kappa shape index (κ3) is 2.49. The van der Waals surface area contributed by atoms with E-state index in [2.05, 4.69) is 34.0 Å². The average molecular weight is 326 g/mol. The van der Waals surface area contributed by atoms with Gasteiger partial charge in [-0.15, -0.1) is 21.5 Å². The Hall–Kier alpha value is -0.700. The van der Waals surface area contributed by atoms with Crippen molar-refractivity contribution in [1.29, 1.82) is 0 Å². The molecule has 0 saturated heterocycles. The summed E-state index contributed by atoms with van der Waals surface area (Å²) < 4.78 is 1.90. The number of rotatable bonds is 3. The largest absolute Gasteiger partial charge is 0.229 e. The lowest BCUT2D eigenvalue weighted by Crippen LogP contribution is -1.85.